The summed E-state index contributed by atoms with van der Waals surface area (Å²) >= 11 is 6.01. The summed E-state index contributed by atoms with van der Waals surface area (Å²) in [5, 5.41) is 12.9. The Kier molecular flexibility index (Phi) is 6.82. The van der Waals surface area contributed by atoms with Crippen molar-refractivity contribution in [3.63, 3.8) is 0 Å². The Morgan fingerprint density at radius 2 is 2.15 bits per heavy atom. The van der Waals surface area contributed by atoms with Crippen molar-refractivity contribution >= 4 is 23.2 Å². The van der Waals surface area contributed by atoms with E-state index in [2.05, 4.69) is 12.2 Å². The summed E-state index contributed by atoms with van der Waals surface area (Å²) in [5.41, 5.74) is 1.33. The van der Waals surface area contributed by atoms with Gasteiger partial charge in [-0.05, 0) is 38.5 Å². The van der Waals surface area contributed by atoms with E-state index in [0.29, 0.717) is 17.1 Å². The van der Waals surface area contributed by atoms with Crippen molar-refractivity contribution in [3.05, 3.63) is 28.8 Å². The summed E-state index contributed by atoms with van der Waals surface area (Å²) in [5.74, 6) is -0.116. The predicted molar refractivity (Wildman–Crippen MR) is 83.5 cm³/mol. The summed E-state index contributed by atoms with van der Waals surface area (Å²) in [6, 6.07) is 5.28. The van der Waals surface area contributed by atoms with Gasteiger partial charge in [0, 0.05) is 29.8 Å². The van der Waals surface area contributed by atoms with E-state index in [9.17, 15) is 4.79 Å². The lowest BCUT2D eigenvalue weighted by molar-refractivity contribution is 0.0666. The van der Waals surface area contributed by atoms with Crippen LogP contribution < -0.4 is 5.32 Å². The predicted octanol–water partition coefficient (Wildman–Crippen LogP) is 3.00. The molecule has 0 aromatic heterocycles. The number of carbonyl (C=O) groups is 1. The Hall–Kier alpha value is -1.26. The first-order chi connectivity index (χ1) is 9.51. The van der Waals surface area contributed by atoms with Gasteiger partial charge in [0.25, 0.3) is 5.91 Å². The molecule has 1 amide bonds. The van der Waals surface area contributed by atoms with E-state index in [1.165, 1.54) is 0 Å². The normalized spacial score (nSPS) is 10.7. The van der Waals surface area contributed by atoms with Gasteiger partial charge in [-0.1, -0.05) is 18.5 Å². The quantitative estimate of drug-likeness (QED) is 0.813. The standard InChI is InChI=1S/C15H23ClN2O2/c1-4-7-17-14-6-5-12(16)10-13(14)15(20)18(8-9-19)11(2)3/h5-6,10-11,17,19H,4,7-9H2,1-3H3. The summed E-state index contributed by atoms with van der Waals surface area (Å²) in [7, 11) is 0. The first-order valence-corrected chi connectivity index (χ1v) is 7.34. The number of hydrogen-bond acceptors (Lipinski definition) is 3. The topological polar surface area (TPSA) is 52.6 Å². The molecule has 0 aliphatic rings. The molecule has 0 saturated carbocycles. The largest absolute Gasteiger partial charge is 0.395 e. The molecular weight excluding hydrogens is 276 g/mol. The molecule has 112 valence electrons. The van der Waals surface area contributed by atoms with Crippen LogP contribution in [0.5, 0.6) is 0 Å². The van der Waals surface area contributed by atoms with E-state index in [1.807, 2.05) is 19.9 Å². The zero-order valence-electron chi connectivity index (χ0n) is 12.3. The maximum atomic E-state index is 12.6. The van der Waals surface area contributed by atoms with Crippen molar-refractivity contribution in [2.24, 2.45) is 0 Å². The molecule has 0 spiro atoms. The van der Waals surface area contributed by atoms with Gasteiger partial charge in [0.1, 0.15) is 0 Å². The third kappa shape index (κ3) is 4.39. The van der Waals surface area contributed by atoms with E-state index in [1.54, 1.807) is 17.0 Å². The minimum absolute atomic E-state index is 0.0210. The molecule has 0 unspecified atom stereocenters. The van der Waals surface area contributed by atoms with E-state index in [0.717, 1.165) is 18.7 Å². The molecule has 1 rings (SSSR count). The lowest BCUT2D eigenvalue weighted by Crippen LogP contribution is -2.39. The molecule has 2 N–H and O–H groups in total. The minimum Gasteiger partial charge on any atom is -0.395 e. The highest BCUT2D eigenvalue weighted by molar-refractivity contribution is 6.31. The number of nitrogens with one attached hydrogen (secondary N) is 1. The van der Waals surface area contributed by atoms with Gasteiger partial charge in [0.2, 0.25) is 0 Å². The van der Waals surface area contributed by atoms with Crippen molar-refractivity contribution in [1.29, 1.82) is 0 Å². The number of halogens is 1. The number of hydrogen-bond donors (Lipinski definition) is 2. The van der Waals surface area contributed by atoms with Crippen LogP contribution in [0.25, 0.3) is 0 Å². The highest BCUT2D eigenvalue weighted by Gasteiger charge is 2.21. The second-order valence-electron chi connectivity index (χ2n) is 4.93. The molecule has 0 radical (unpaired) electrons. The summed E-state index contributed by atoms with van der Waals surface area (Å²) in [4.78, 5) is 14.3. The number of aliphatic hydroxyl groups excluding tert-OH is 1. The molecule has 0 atom stereocenters. The number of nitrogens with zero attached hydrogens (tertiary/aromatic N) is 1. The molecular formula is C15H23ClN2O2. The van der Waals surface area contributed by atoms with Crippen LogP contribution in [-0.2, 0) is 0 Å². The Morgan fingerprint density at radius 3 is 2.70 bits per heavy atom. The van der Waals surface area contributed by atoms with Crippen molar-refractivity contribution in [3.8, 4) is 0 Å². The van der Waals surface area contributed by atoms with Crippen molar-refractivity contribution in [1.82, 2.24) is 4.90 Å². The molecule has 0 fully saturated rings. The van der Waals surface area contributed by atoms with Gasteiger partial charge in [0.15, 0.2) is 0 Å². The summed E-state index contributed by atoms with van der Waals surface area (Å²) in [6.45, 7) is 6.98. The Bertz CT molecular complexity index is 449. The summed E-state index contributed by atoms with van der Waals surface area (Å²) < 4.78 is 0. The van der Waals surface area contributed by atoms with Crippen LogP contribution >= 0.6 is 11.6 Å². The molecule has 0 aliphatic heterocycles. The lowest BCUT2D eigenvalue weighted by atomic mass is 10.1. The molecule has 0 heterocycles. The Morgan fingerprint density at radius 1 is 1.45 bits per heavy atom. The second kappa shape index (κ2) is 8.12. The average Bonchev–Trinajstić information content (AvgIpc) is 2.42. The van der Waals surface area contributed by atoms with Gasteiger partial charge >= 0.3 is 0 Å². The number of rotatable bonds is 7. The van der Waals surface area contributed by atoms with E-state index in [-0.39, 0.29) is 18.6 Å². The fraction of sp³-hybridized carbons (Fsp3) is 0.533. The highest BCUT2D eigenvalue weighted by Crippen LogP contribution is 2.23. The van der Waals surface area contributed by atoms with E-state index >= 15 is 0 Å². The first kappa shape index (κ1) is 16.8. The fourth-order valence-corrected chi connectivity index (χ4v) is 2.14. The van der Waals surface area contributed by atoms with Crippen LogP contribution in [0, 0.1) is 0 Å². The van der Waals surface area contributed by atoms with Crippen LogP contribution in [0.15, 0.2) is 18.2 Å². The third-order valence-electron chi connectivity index (χ3n) is 3.00. The van der Waals surface area contributed by atoms with Gasteiger partial charge in [-0.25, -0.2) is 0 Å². The zero-order chi connectivity index (χ0) is 15.1. The maximum Gasteiger partial charge on any atom is 0.256 e. The van der Waals surface area contributed by atoms with Crippen LogP contribution in [0.4, 0.5) is 5.69 Å². The first-order valence-electron chi connectivity index (χ1n) is 6.96. The number of anilines is 1. The van der Waals surface area contributed by atoms with Crippen LogP contribution in [0.1, 0.15) is 37.6 Å². The molecule has 1 aromatic carbocycles. The van der Waals surface area contributed by atoms with E-state index < -0.39 is 0 Å². The SMILES string of the molecule is CCCNc1ccc(Cl)cc1C(=O)N(CCO)C(C)C. The molecule has 0 saturated heterocycles. The van der Waals surface area contributed by atoms with Crippen LogP contribution in [0.3, 0.4) is 0 Å². The van der Waals surface area contributed by atoms with Crippen molar-refractivity contribution in [2.75, 3.05) is 25.0 Å². The summed E-state index contributed by atoms with van der Waals surface area (Å²) in [6.07, 6.45) is 0.973. The average molecular weight is 299 g/mol. The third-order valence-corrected chi connectivity index (χ3v) is 3.24. The molecule has 0 bridgehead atoms. The highest BCUT2D eigenvalue weighted by atomic mass is 35.5. The van der Waals surface area contributed by atoms with Gasteiger partial charge in [-0.2, -0.15) is 0 Å². The fourth-order valence-electron chi connectivity index (χ4n) is 1.96. The number of aliphatic hydroxyl groups is 1. The maximum absolute atomic E-state index is 12.6. The van der Waals surface area contributed by atoms with E-state index in [4.69, 9.17) is 16.7 Å². The number of benzene rings is 1. The molecule has 5 heteroatoms. The second-order valence-corrected chi connectivity index (χ2v) is 5.37. The van der Waals surface area contributed by atoms with Crippen molar-refractivity contribution in [2.45, 2.75) is 33.2 Å². The molecule has 20 heavy (non-hydrogen) atoms. The van der Waals surface area contributed by atoms with Crippen LogP contribution in [-0.4, -0.2) is 41.7 Å². The molecule has 1 aromatic rings. The Labute approximate surface area is 125 Å². The van der Waals surface area contributed by atoms with Gasteiger partial charge < -0.3 is 15.3 Å². The van der Waals surface area contributed by atoms with Gasteiger partial charge in [0.05, 0.1) is 12.2 Å². The monoisotopic (exact) mass is 298 g/mol. The molecule has 0 aliphatic carbocycles. The molecule has 4 nitrogen and oxygen atoms in total. The Balaban J connectivity index is 3.08. The van der Waals surface area contributed by atoms with Crippen LogP contribution in [0.2, 0.25) is 5.02 Å². The smallest absolute Gasteiger partial charge is 0.256 e. The zero-order valence-corrected chi connectivity index (χ0v) is 13.1. The number of carbonyl (C=O) groups excluding carboxylic acids is 1. The lowest BCUT2D eigenvalue weighted by Gasteiger charge is -2.27. The van der Waals surface area contributed by atoms with Gasteiger partial charge in [-0.15, -0.1) is 0 Å². The van der Waals surface area contributed by atoms with Gasteiger partial charge in [-0.3, -0.25) is 4.79 Å². The minimum atomic E-state index is -0.116. The number of amides is 1. The van der Waals surface area contributed by atoms with Crippen molar-refractivity contribution < 1.29 is 9.90 Å².